The number of hydrogen-bond donors (Lipinski definition) is 1. The molecule has 0 heterocycles. The Labute approximate surface area is 123 Å². The van der Waals surface area contributed by atoms with Crippen molar-refractivity contribution in [3.63, 3.8) is 0 Å². The van der Waals surface area contributed by atoms with Gasteiger partial charge in [-0.15, -0.1) is 0 Å². The summed E-state index contributed by atoms with van der Waals surface area (Å²) < 4.78 is 0. The number of hydrogen-bond acceptors (Lipinski definition) is 1. The first-order valence-electron chi connectivity index (χ1n) is 7.34. The van der Waals surface area contributed by atoms with Crippen molar-refractivity contribution in [2.45, 2.75) is 47.2 Å². The molecule has 0 saturated carbocycles. The Morgan fingerprint density at radius 3 is 2.20 bits per heavy atom. The summed E-state index contributed by atoms with van der Waals surface area (Å²) in [6.07, 6.45) is 0. The van der Waals surface area contributed by atoms with Gasteiger partial charge < -0.3 is 5.32 Å². The number of nitrogens with one attached hydrogen (secondary N) is 1. The average Bonchev–Trinajstić information content (AvgIpc) is 2.41. The summed E-state index contributed by atoms with van der Waals surface area (Å²) in [5, 5.41) is 3.64. The molecule has 20 heavy (non-hydrogen) atoms. The summed E-state index contributed by atoms with van der Waals surface area (Å²) in [5.74, 6) is 0. The van der Waals surface area contributed by atoms with Gasteiger partial charge in [0.2, 0.25) is 0 Å². The van der Waals surface area contributed by atoms with Crippen molar-refractivity contribution >= 4 is 0 Å². The molecule has 0 unspecified atom stereocenters. The van der Waals surface area contributed by atoms with Crippen LogP contribution in [0.3, 0.4) is 0 Å². The summed E-state index contributed by atoms with van der Waals surface area (Å²) in [6, 6.07) is 13.6. The molecule has 2 aromatic carbocycles. The maximum absolute atomic E-state index is 3.64. The van der Waals surface area contributed by atoms with Gasteiger partial charge in [0.25, 0.3) is 0 Å². The second-order valence-electron chi connectivity index (χ2n) is 5.82. The minimum atomic E-state index is 0.372. The molecule has 2 rings (SSSR count). The van der Waals surface area contributed by atoms with Crippen molar-refractivity contribution in [1.82, 2.24) is 5.32 Å². The highest BCUT2D eigenvalue weighted by atomic mass is 14.9. The standard InChI is InChI=1S/C19H25N/c1-13-8-6-7-9-19(13)17(5)20-12-18-11-15(3)14(2)10-16(18)4/h6-11,17,20H,12H2,1-5H3/t17-/m0/s1. The van der Waals surface area contributed by atoms with Gasteiger partial charge in [0, 0.05) is 12.6 Å². The van der Waals surface area contributed by atoms with Crippen molar-refractivity contribution < 1.29 is 0 Å². The molecule has 0 fully saturated rings. The zero-order valence-corrected chi connectivity index (χ0v) is 13.2. The van der Waals surface area contributed by atoms with Gasteiger partial charge in [0.1, 0.15) is 0 Å². The first kappa shape index (κ1) is 14.8. The number of rotatable bonds is 4. The van der Waals surface area contributed by atoms with Crippen LogP contribution in [0.1, 0.15) is 46.3 Å². The molecule has 0 spiro atoms. The van der Waals surface area contributed by atoms with Gasteiger partial charge in [-0.2, -0.15) is 0 Å². The summed E-state index contributed by atoms with van der Waals surface area (Å²) in [5.41, 5.74) is 8.25. The molecule has 1 N–H and O–H groups in total. The summed E-state index contributed by atoms with van der Waals surface area (Å²) in [4.78, 5) is 0. The van der Waals surface area contributed by atoms with Gasteiger partial charge in [-0.25, -0.2) is 0 Å². The lowest BCUT2D eigenvalue weighted by Crippen LogP contribution is -2.19. The molecule has 1 nitrogen and oxygen atoms in total. The Hall–Kier alpha value is -1.60. The largest absolute Gasteiger partial charge is 0.306 e. The van der Waals surface area contributed by atoms with E-state index < -0.39 is 0 Å². The van der Waals surface area contributed by atoms with Crippen molar-refractivity contribution in [3.8, 4) is 0 Å². The van der Waals surface area contributed by atoms with Gasteiger partial charge in [-0.3, -0.25) is 0 Å². The Kier molecular flexibility index (Phi) is 4.61. The fourth-order valence-electron chi connectivity index (χ4n) is 2.66. The quantitative estimate of drug-likeness (QED) is 0.841. The van der Waals surface area contributed by atoms with Crippen molar-refractivity contribution in [1.29, 1.82) is 0 Å². The lowest BCUT2D eigenvalue weighted by atomic mass is 9.99. The molecule has 106 valence electrons. The molecule has 0 radical (unpaired) electrons. The molecular weight excluding hydrogens is 242 g/mol. The Morgan fingerprint density at radius 2 is 1.50 bits per heavy atom. The summed E-state index contributed by atoms with van der Waals surface area (Å²) in [6.45, 7) is 11.9. The van der Waals surface area contributed by atoms with Crippen LogP contribution in [0.15, 0.2) is 36.4 Å². The topological polar surface area (TPSA) is 12.0 Å². The van der Waals surface area contributed by atoms with Crippen molar-refractivity contribution in [2.24, 2.45) is 0 Å². The Balaban J connectivity index is 2.09. The van der Waals surface area contributed by atoms with E-state index in [1.54, 1.807) is 0 Å². The van der Waals surface area contributed by atoms with E-state index in [-0.39, 0.29) is 0 Å². The van der Waals surface area contributed by atoms with E-state index in [2.05, 4.69) is 76.3 Å². The van der Waals surface area contributed by atoms with Crippen LogP contribution in [-0.4, -0.2) is 0 Å². The summed E-state index contributed by atoms with van der Waals surface area (Å²) >= 11 is 0. The van der Waals surface area contributed by atoms with Crippen LogP contribution in [0.2, 0.25) is 0 Å². The molecule has 0 aliphatic carbocycles. The lowest BCUT2D eigenvalue weighted by Gasteiger charge is -2.18. The van der Waals surface area contributed by atoms with Crippen LogP contribution < -0.4 is 5.32 Å². The molecular formula is C19H25N. The van der Waals surface area contributed by atoms with E-state index in [0.29, 0.717) is 6.04 Å². The second kappa shape index (κ2) is 6.23. The molecule has 0 bridgehead atoms. The van der Waals surface area contributed by atoms with Gasteiger partial charge in [-0.05, 0) is 68.0 Å². The third kappa shape index (κ3) is 3.29. The average molecular weight is 267 g/mol. The van der Waals surface area contributed by atoms with Crippen molar-refractivity contribution in [2.75, 3.05) is 0 Å². The third-order valence-corrected chi connectivity index (χ3v) is 4.21. The van der Waals surface area contributed by atoms with Crippen LogP contribution in [0.25, 0.3) is 0 Å². The van der Waals surface area contributed by atoms with E-state index in [4.69, 9.17) is 0 Å². The zero-order valence-electron chi connectivity index (χ0n) is 13.2. The second-order valence-corrected chi connectivity index (χ2v) is 5.82. The normalized spacial score (nSPS) is 12.4. The van der Waals surface area contributed by atoms with Gasteiger partial charge in [0.15, 0.2) is 0 Å². The molecule has 2 aromatic rings. The molecule has 0 amide bonds. The van der Waals surface area contributed by atoms with Crippen LogP contribution in [0.5, 0.6) is 0 Å². The van der Waals surface area contributed by atoms with E-state index in [0.717, 1.165) is 6.54 Å². The van der Waals surface area contributed by atoms with E-state index >= 15 is 0 Å². The highest BCUT2D eigenvalue weighted by Crippen LogP contribution is 2.19. The van der Waals surface area contributed by atoms with Crippen LogP contribution in [0.4, 0.5) is 0 Å². The number of benzene rings is 2. The molecule has 0 aliphatic heterocycles. The monoisotopic (exact) mass is 267 g/mol. The molecule has 1 heteroatoms. The third-order valence-electron chi connectivity index (χ3n) is 4.21. The van der Waals surface area contributed by atoms with E-state index in [1.165, 1.54) is 33.4 Å². The fourth-order valence-corrected chi connectivity index (χ4v) is 2.66. The minimum absolute atomic E-state index is 0.372. The zero-order chi connectivity index (χ0) is 14.7. The van der Waals surface area contributed by atoms with Crippen molar-refractivity contribution in [3.05, 3.63) is 69.8 Å². The lowest BCUT2D eigenvalue weighted by molar-refractivity contribution is 0.571. The van der Waals surface area contributed by atoms with Gasteiger partial charge in [0.05, 0.1) is 0 Å². The van der Waals surface area contributed by atoms with Crippen LogP contribution in [-0.2, 0) is 6.54 Å². The number of aryl methyl sites for hydroxylation is 4. The smallest absolute Gasteiger partial charge is 0.0297 e. The van der Waals surface area contributed by atoms with Crippen LogP contribution >= 0.6 is 0 Å². The molecule has 0 aromatic heterocycles. The predicted molar refractivity (Wildman–Crippen MR) is 87.1 cm³/mol. The maximum atomic E-state index is 3.64. The SMILES string of the molecule is Cc1cc(C)c(CN[C@@H](C)c2ccccc2C)cc1C. The minimum Gasteiger partial charge on any atom is -0.306 e. The van der Waals surface area contributed by atoms with Gasteiger partial charge >= 0.3 is 0 Å². The van der Waals surface area contributed by atoms with E-state index in [9.17, 15) is 0 Å². The first-order chi connectivity index (χ1) is 9.49. The highest BCUT2D eigenvalue weighted by molar-refractivity contribution is 5.36. The van der Waals surface area contributed by atoms with Gasteiger partial charge in [-0.1, -0.05) is 36.4 Å². The maximum Gasteiger partial charge on any atom is 0.0297 e. The Morgan fingerprint density at radius 1 is 0.850 bits per heavy atom. The first-order valence-corrected chi connectivity index (χ1v) is 7.34. The van der Waals surface area contributed by atoms with E-state index in [1.807, 2.05) is 0 Å². The Bertz CT molecular complexity index is 599. The highest BCUT2D eigenvalue weighted by Gasteiger charge is 2.08. The fraction of sp³-hybridized carbons (Fsp3) is 0.368. The predicted octanol–water partition coefficient (Wildman–Crippen LogP) is 4.77. The molecule has 1 atom stereocenters. The molecule has 0 saturated heterocycles. The molecule has 0 aliphatic rings. The van der Waals surface area contributed by atoms with Crippen LogP contribution in [0, 0.1) is 27.7 Å². The summed E-state index contributed by atoms with van der Waals surface area (Å²) in [7, 11) is 0.